The van der Waals surface area contributed by atoms with Gasteiger partial charge in [0.05, 0.1) is 11.5 Å². The Labute approximate surface area is 106 Å². The minimum atomic E-state index is -4.23. The van der Waals surface area contributed by atoms with Gasteiger partial charge in [-0.05, 0) is 26.2 Å². The first-order chi connectivity index (χ1) is 8.18. The number of carbonyl (C=O) groups excluding carboxylic acids is 1. The first kappa shape index (κ1) is 15.3. The molecular weight excluding hydrogens is 245 g/mol. The van der Waals surface area contributed by atoms with Crippen LogP contribution in [0.15, 0.2) is 0 Å². The van der Waals surface area contributed by atoms with E-state index in [2.05, 4.69) is 0 Å². The van der Waals surface area contributed by atoms with Gasteiger partial charge in [-0.2, -0.15) is 13.2 Å². The Hall–Kier alpha value is -0.780. The molecule has 2 atom stereocenters. The van der Waals surface area contributed by atoms with Crippen molar-refractivity contribution in [1.29, 1.82) is 0 Å². The summed E-state index contributed by atoms with van der Waals surface area (Å²) in [5, 5.41) is 0. The van der Waals surface area contributed by atoms with Gasteiger partial charge in [0.15, 0.2) is 0 Å². The number of nitrogens with two attached hydrogens (primary N) is 1. The summed E-state index contributed by atoms with van der Waals surface area (Å²) in [7, 11) is 0. The van der Waals surface area contributed by atoms with Crippen LogP contribution in [0.4, 0.5) is 13.2 Å². The highest BCUT2D eigenvalue weighted by molar-refractivity contribution is 5.85. The van der Waals surface area contributed by atoms with Crippen LogP contribution in [-0.2, 0) is 4.79 Å². The van der Waals surface area contributed by atoms with Gasteiger partial charge in [-0.15, -0.1) is 0 Å². The standard InChI is InChI=1S/C12H21F3N2O/c1-3-6-11(2,16)10(18)17-7-4-5-9(8-17)12(13,14)15/h9H,3-8,16H2,1-2H3. The summed E-state index contributed by atoms with van der Waals surface area (Å²) in [6, 6.07) is 0. The predicted octanol–water partition coefficient (Wildman–Crippen LogP) is 2.30. The first-order valence-electron chi connectivity index (χ1n) is 6.33. The van der Waals surface area contributed by atoms with Crippen molar-refractivity contribution in [2.24, 2.45) is 11.7 Å². The van der Waals surface area contributed by atoms with Crippen molar-refractivity contribution in [2.45, 2.75) is 51.2 Å². The van der Waals surface area contributed by atoms with Crippen LogP contribution in [0.3, 0.4) is 0 Å². The van der Waals surface area contributed by atoms with Crippen molar-refractivity contribution in [1.82, 2.24) is 4.90 Å². The highest BCUT2D eigenvalue weighted by atomic mass is 19.4. The van der Waals surface area contributed by atoms with Gasteiger partial charge in [-0.25, -0.2) is 0 Å². The molecule has 2 N–H and O–H groups in total. The van der Waals surface area contributed by atoms with Gasteiger partial charge in [0.1, 0.15) is 0 Å². The average molecular weight is 266 g/mol. The van der Waals surface area contributed by atoms with Gasteiger partial charge in [0, 0.05) is 13.1 Å². The molecule has 1 aliphatic heterocycles. The maximum atomic E-state index is 12.7. The number of rotatable bonds is 3. The molecule has 0 spiro atoms. The molecule has 0 bridgehead atoms. The molecule has 1 saturated heterocycles. The lowest BCUT2D eigenvalue weighted by atomic mass is 9.92. The van der Waals surface area contributed by atoms with Crippen molar-refractivity contribution in [3.05, 3.63) is 0 Å². The smallest absolute Gasteiger partial charge is 0.340 e. The van der Waals surface area contributed by atoms with Crippen LogP contribution in [0.5, 0.6) is 0 Å². The highest BCUT2D eigenvalue weighted by Gasteiger charge is 2.44. The van der Waals surface area contributed by atoms with Crippen molar-refractivity contribution in [3.63, 3.8) is 0 Å². The van der Waals surface area contributed by atoms with Gasteiger partial charge >= 0.3 is 6.18 Å². The average Bonchev–Trinajstić information content (AvgIpc) is 2.27. The molecule has 3 nitrogen and oxygen atoms in total. The molecule has 0 saturated carbocycles. The number of alkyl halides is 3. The zero-order valence-electron chi connectivity index (χ0n) is 10.9. The number of nitrogens with zero attached hydrogens (tertiary/aromatic N) is 1. The molecule has 1 rings (SSSR count). The van der Waals surface area contributed by atoms with E-state index < -0.39 is 17.6 Å². The zero-order chi connectivity index (χ0) is 14.0. The second-order valence-corrected chi connectivity index (χ2v) is 5.30. The molecule has 0 aromatic heterocycles. The van der Waals surface area contributed by atoms with Crippen molar-refractivity contribution >= 4 is 5.91 Å². The van der Waals surface area contributed by atoms with Gasteiger partial charge in [0.25, 0.3) is 0 Å². The van der Waals surface area contributed by atoms with E-state index >= 15 is 0 Å². The quantitative estimate of drug-likeness (QED) is 0.852. The Morgan fingerprint density at radius 1 is 1.44 bits per heavy atom. The minimum Gasteiger partial charge on any atom is -0.340 e. The summed E-state index contributed by atoms with van der Waals surface area (Å²) < 4.78 is 38.0. The van der Waals surface area contributed by atoms with E-state index in [1.165, 1.54) is 4.90 Å². The lowest BCUT2D eigenvalue weighted by Crippen LogP contribution is -2.56. The molecule has 1 aliphatic rings. The Morgan fingerprint density at radius 2 is 2.06 bits per heavy atom. The van der Waals surface area contributed by atoms with Crippen molar-refractivity contribution in [2.75, 3.05) is 13.1 Å². The van der Waals surface area contributed by atoms with Crippen LogP contribution < -0.4 is 5.73 Å². The van der Waals surface area contributed by atoms with E-state index in [0.29, 0.717) is 19.4 Å². The van der Waals surface area contributed by atoms with Crippen molar-refractivity contribution < 1.29 is 18.0 Å². The molecule has 2 unspecified atom stereocenters. The lowest BCUT2D eigenvalue weighted by molar-refractivity contribution is -0.188. The summed E-state index contributed by atoms with van der Waals surface area (Å²) in [5.41, 5.74) is 4.83. The number of piperidine rings is 1. The summed E-state index contributed by atoms with van der Waals surface area (Å²) in [4.78, 5) is 13.4. The molecule has 6 heteroatoms. The number of likely N-dealkylation sites (tertiary alicyclic amines) is 1. The second-order valence-electron chi connectivity index (χ2n) is 5.30. The van der Waals surface area contributed by atoms with E-state index in [1.54, 1.807) is 6.92 Å². The third-order valence-electron chi connectivity index (χ3n) is 3.43. The summed E-state index contributed by atoms with van der Waals surface area (Å²) >= 11 is 0. The molecule has 1 amide bonds. The Balaban J connectivity index is 2.70. The van der Waals surface area contributed by atoms with Crippen LogP contribution in [0.2, 0.25) is 0 Å². The number of amides is 1. The zero-order valence-corrected chi connectivity index (χ0v) is 10.9. The van der Waals surface area contributed by atoms with Crippen LogP contribution in [-0.4, -0.2) is 35.6 Å². The molecule has 18 heavy (non-hydrogen) atoms. The fraction of sp³-hybridized carbons (Fsp3) is 0.917. The van der Waals surface area contributed by atoms with Gasteiger partial charge in [-0.1, -0.05) is 13.3 Å². The molecule has 1 heterocycles. The third kappa shape index (κ3) is 3.60. The number of hydrogen-bond acceptors (Lipinski definition) is 2. The highest BCUT2D eigenvalue weighted by Crippen LogP contribution is 2.33. The summed E-state index contributed by atoms with van der Waals surface area (Å²) in [6.45, 7) is 3.61. The number of hydrogen-bond donors (Lipinski definition) is 1. The minimum absolute atomic E-state index is 0.0995. The van der Waals surface area contributed by atoms with E-state index in [0.717, 1.165) is 6.42 Å². The topological polar surface area (TPSA) is 46.3 Å². The maximum absolute atomic E-state index is 12.7. The van der Waals surface area contributed by atoms with Crippen LogP contribution >= 0.6 is 0 Å². The molecular formula is C12H21F3N2O. The van der Waals surface area contributed by atoms with E-state index in [-0.39, 0.29) is 18.9 Å². The monoisotopic (exact) mass is 266 g/mol. The summed E-state index contributed by atoms with van der Waals surface area (Å²) in [5.74, 6) is -1.77. The number of halogens is 3. The van der Waals surface area contributed by atoms with Gasteiger partial charge < -0.3 is 10.6 Å². The predicted molar refractivity (Wildman–Crippen MR) is 62.9 cm³/mol. The fourth-order valence-electron chi connectivity index (χ4n) is 2.42. The Bertz CT molecular complexity index is 302. The molecule has 0 aromatic rings. The Kier molecular flexibility index (Phi) is 4.64. The van der Waals surface area contributed by atoms with Crippen LogP contribution in [0.25, 0.3) is 0 Å². The van der Waals surface area contributed by atoms with Gasteiger partial charge in [-0.3, -0.25) is 4.79 Å². The normalized spacial score (nSPS) is 24.8. The lowest BCUT2D eigenvalue weighted by Gasteiger charge is -2.38. The van der Waals surface area contributed by atoms with Crippen LogP contribution in [0, 0.1) is 5.92 Å². The third-order valence-corrected chi connectivity index (χ3v) is 3.43. The molecule has 106 valence electrons. The maximum Gasteiger partial charge on any atom is 0.393 e. The van der Waals surface area contributed by atoms with Gasteiger partial charge in [0.2, 0.25) is 5.91 Å². The second kappa shape index (κ2) is 5.47. The first-order valence-corrected chi connectivity index (χ1v) is 6.33. The van der Waals surface area contributed by atoms with Crippen molar-refractivity contribution in [3.8, 4) is 0 Å². The van der Waals surface area contributed by atoms with E-state index in [4.69, 9.17) is 5.73 Å². The summed E-state index contributed by atoms with van der Waals surface area (Å²) in [6.07, 6.45) is -2.52. The molecule has 0 aromatic carbocycles. The molecule has 1 fully saturated rings. The number of carbonyl (C=O) groups is 1. The van der Waals surface area contributed by atoms with E-state index in [1.807, 2.05) is 6.92 Å². The molecule has 0 aliphatic carbocycles. The van der Waals surface area contributed by atoms with Crippen LogP contribution in [0.1, 0.15) is 39.5 Å². The SMILES string of the molecule is CCCC(C)(N)C(=O)N1CCCC(C(F)(F)F)C1. The molecule has 0 radical (unpaired) electrons. The van der Waals surface area contributed by atoms with E-state index in [9.17, 15) is 18.0 Å². The fourth-order valence-corrected chi connectivity index (χ4v) is 2.42. The largest absolute Gasteiger partial charge is 0.393 e. The Morgan fingerprint density at radius 3 is 2.56 bits per heavy atom.